The van der Waals surface area contributed by atoms with Gasteiger partial charge in [-0.1, -0.05) is 12.1 Å². The highest BCUT2D eigenvalue weighted by Gasteiger charge is 2.24. The van der Waals surface area contributed by atoms with Crippen LogP contribution in [0.25, 0.3) is 0 Å². The Kier molecular flexibility index (Phi) is 7.09. The summed E-state index contributed by atoms with van der Waals surface area (Å²) in [6.45, 7) is 4.83. The number of benzene rings is 1. The number of hydrogen-bond donors (Lipinski definition) is 2. The van der Waals surface area contributed by atoms with Crippen LogP contribution in [0.3, 0.4) is 0 Å². The molecule has 23 heavy (non-hydrogen) atoms. The maximum atomic E-state index is 5.74. The molecule has 1 saturated carbocycles. The Morgan fingerprint density at radius 2 is 2.22 bits per heavy atom. The fourth-order valence-corrected chi connectivity index (χ4v) is 3.66. The third-order valence-electron chi connectivity index (χ3n) is 4.01. The molecule has 0 amide bonds. The number of ether oxygens (including phenoxy) is 1. The van der Waals surface area contributed by atoms with Crippen molar-refractivity contribution < 1.29 is 4.74 Å². The molecule has 2 unspecified atom stereocenters. The first kappa shape index (κ1) is 18.0. The van der Waals surface area contributed by atoms with Crippen molar-refractivity contribution in [3.8, 4) is 5.75 Å². The summed E-state index contributed by atoms with van der Waals surface area (Å²) < 4.78 is 5.74. The molecule has 0 radical (unpaired) electrons. The Balaban J connectivity index is 1.84. The van der Waals surface area contributed by atoms with Gasteiger partial charge in [0.2, 0.25) is 0 Å². The second kappa shape index (κ2) is 9.06. The summed E-state index contributed by atoms with van der Waals surface area (Å²) in [6.07, 6.45) is 6.14. The molecule has 1 aliphatic carbocycles. The predicted molar refractivity (Wildman–Crippen MR) is 100 cm³/mol. The van der Waals surface area contributed by atoms with Gasteiger partial charge in [0.25, 0.3) is 0 Å². The summed E-state index contributed by atoms with van der Waals surface area (Å²) in [5.41, 5.74) is 1.19. The van der Waals surface area contributed by atoms with E-state index in [4.69, 9.17) is 4.74 Å². The SMILES string of the molecule is CN=C(NCc1cccc(OC(C)C)c1)NC1CCC(SC)C1. The minimum Gasteiger partial charge on any atom is -0.491 e. The van der Waals surface area contributed by atoms with Crippen LogP contribution in [0.2, 0.25) is 0 Å². The lowest BCUT2D eigenvalue weighted by Gasteiger charge is -2.18. The fourth-order valence-electron chi connectivity index (χ4n) is 2.86. The van der Waals surface area contributed by atoms with Gasteiger partial charge < -0.3 is 15.4 Å². The van der Waals surface area contributed by atoms with Crippen LogP contribution in [0.5, 0.6) is 5.75 Å². The van der Waals surface area contributed by atoms with Crippen LogP contribution in [0, 0.1) is 0 Å². The molecule has 128 valence electrons. The standard InChI is InChI=1S/C18H29N3OS/c1-13(2)22-16-7-5-6-14(10-16)12-20-18(19-3)21-15-8-9-17(11-15)23-4/h5-7,10,13,15,17H,8-9,11-12H2,1-4H3,(H2,19,20,21). The molecular formula is C18H29N3OS. The summed E-state index contributed by atoms with van der Waals surface area (Å²) in [6, 6.07) is 8.75. The molecule has 0 saturated heterocycles. The summed E-state index contributed by atoms with van der Waals surface area (Å²) in [4.78, 5) is 4.34. The van der Waals surface area contributed by atoms with E-state index < -0.39 is 0 Å². The lowest BCUT2D eigenvalue weighted by molar-refractivity contribution is 0.242. The van der Waals surface area contributed by atoms with Gasteiger partial charge in [-0.3, -0.25) is 4.99 Å². The van der Waals surface area contributed by atoms with Crippen LogP contribution in [-0.4, -0.2) is 36.7 Å². The highest BCUT2D eigenvalue weighted by atomic mass is 32.2. The molecule has 0 bridgehead atoms. The van der Waals surface area contributed by atoms with Crippen LogP contribution < -0.4 is 15.4 Å². The Labute approximate surface area is 144 Å². The number of thioether (sulfide) groups is 1. The molecule has 2 N–H and O–H groups in total. The van der Waals surface area contributed by atoms with E-state index in [0.717, 1.165) is 23.5 Å². The number of guanidine groups is 1. The highest BCUT2D eigenvalue weighted by Crippen LogP contribution is 2.28. The number of rotatable bonds is 6. The van der Waals surface area contributed by atoms with Crippen molar-refractivity contribution in [3.05, 3.63) is 29.8 Å². The predicted octanol–water partition coefficient (Wildman–Crippen LogP) is 3.42. The minimum absolute atomic E-state index is 0.194. The van der Waals surface area contributed by atoms with Gasteiger partial charge in [-0.15, -0.1) is 0 Å². The maximum absolute atomic E-state index is 5.74. The first-order chi connectivity index (χ1) is 11.1. The molecule has 2 atom stereocenters. The van der Waals surface area contributed by atoms with E-state index in [1.807, 2.05) is 44.8 Å². The second-order valence-electron chi connectivity index (χ2n) is 6.25. The minimum atomic E-state index is 0.194. The average molecular weight is 336 g/mol. The van der Waals surface area contributed by atoms with Crippen molar-refractivity contribution in [1.29, 1.82) is 0 Å². The van der Waals surface area contributed by atoms with Crippen molar-refractivity contribution in [3.63, 3.8) is 0 Å². The van der Waals surface area contributed by atoms with Gasteiger partial charge in [0.1, 0.15) is 5.75 Å². The number of hydrogen-bond acceptors (Lipinski definition) is 3. The Morgan fingerprint density at radius 1 is 1.39 bits per heavy atom. The third-order valence-corrected chi connectivity index (χ3v) is 5.11. The summed E-state index contributed by atoms with van der Waals surface area (Å²) in [5, 5.41) is 7.73. The van der Waals surface area contributed by atoms with E-state index in [1.54, 1.807) is 0 Å². The van der Waals surface area contributed by atoms with E-state index >= 15 is 0 Å². The summed E-state index contributed by atoms with van der Waals surface area (Å²) in [5.74, 6) is 1.80. The summed E-state index contributed by atoms with van der Waals surface area (Å²) in [7, 11) is 1.83. The normalized spacial score (nSPS) is 21.5. The van der Waals surface area contributed by atoms with Gasteiger partial charge in [0.05, 0.1) is 6.10 Å². The first-order valence-electron chi connectivity index (χ1n) is 8.36. The first-order valence-corrected chi connectivity index (χ1v) is 9.65. The molecule has 2 rings (SSSR count). The van der Waals surface area contributed by atoms with Crippen LogP contribution >= 0.6 is 11.8 Å². The highest BCUT2D eigenvalue weighted by molar-refractivity contribution is 7.99. The average Bonchev–Trinajstić information content (AvgIpc) is 2.99. The van der Waals surface area contributed by atoms with Gasteiger partial charge >= 0.3 is 0 Å². The van der Waals surface area contributed by atoms with Crippen LogP contribution in [-0.2, 0) is 6.54 Å². The monoisotopic (exact) mass is 335 g/mol. The quantitative estimate of drug-likeness (QED) is 0.618. The van der Waals surface area contributed by atoms with Gasteiger partial charge in [-0.05, 0) is 57.1 Å². The molecule has 0 aliphatic heterocycles. The molecule has 1 aromatic rings. The molecule has 5 heteroatoms. The fraction of sp³-hybridized carbons (Fsp3) is 0.611. The van der Waals surface area contributed by atoms with Crippen molar-refractivity contribution in [2.24, 2.45) is 4.99 Å². The van der Waals surface area contributed by atoms with Gasteiger partial charge in [-0.25, -0.2) is 0 Å². The van der Waals surface area contributed by atoms with Crippen LogP contribution in [0.15, 0.2) is 29.3 Å². The van der Waals surface area contributed by atoms with E-state index in [-0.39, 0.29) is 6.10 Å². The molecular weight excluding hydrogens is 306 g/mol. The zero-order valence-corrected chi connectivity index (χ0v) is 15.5. The van der Waals surface area contributed by atoms with Gasteiger partial charge in [0, 0.05) is 24.9 Å². The molecule has 1 aromatic carbocycles. The molecule has 1 fully saturated rings. The largest absolute Gasteiger partial charge is 0.491 e. The molecule has 0 aromatic heterocycles. The number of nitrogens with one attached hydrogen (secondary N) is 2. The molecule has 1 aliphatic rings. The number of aliphatic imine (C=N–C) groups is 1. The lowest BCUT2D eigenvalue weighted by Crippen LogP contribution is -2.42. The second-order valence-corrected chi connectivity index (χ2v) is 7.39. The summed E-state index contributed by atoms with van der Waals surface area (Å²) >= 11 is 1.97. The Hall–Kier alpha value is -1.36. The smallest absolute Gasteiger partial charge is 0.191 e. The van der Waals surface area contributed by atoms with Crippen molar-refractivity contribution >= 4 is 17.7 Å². The van der Waals surface area contributed by atoms with Crippen molar-refractivity contribution in [2.45, 2.75) is 57.1 Å². The van der Waals surface area contributed by atoms with Crippen molar-refractivity contribution in [2.75, 3.05) is 13.3 Å². The molecule has 0 spiro atoms. The Bertz CT molecular complexity index is 519. The maximum Gasteiger partial charge on any atom is 0.191 e. The zero-order valence-electron chi connectivity index (χ0n) is 14.6. The molecule has 0 heterocycles. The van der Waals surface area contributed by atoms with E-state index in [0.29, 0.717) is 6.04 Å². The van der Waals surface area contributed by atoms with E-state index in [2.05, 4.69) is 34.0 Å². The third kappa shape index (κ3) is 5.98. The van der Waals surface area contributed by atoms with Crippen molar-refractivity contribution in [1.82, 2.24) is 10.6 Å². The van der Waals surface area contributed by atoms with Gasteiger partial charge in [-0.2, -0.15) is 11.8 Å². The Morgan fingerprint density at radius 3 is 2.87 bits per heavy atom. The zero-order chi connectivity index (χ0) is 16.7. The van der Waals surface area contributed by atoms with E-state index in [9.17, 15) is 0 Å². The number of nitrogens with zero attached hydrogens (tertiary/aromatic N) is 1. The molecule has 4 nitrogen and oxygen atoms in total. The van der Waals surface area contributed by atoms with Crippen LogP contribution in [0.4, 0.5) is 0 Å². The lowest BCUT2D eigenvalue weighted by atomic mass is 10.2. The van der Waals surface area contributed by atoms with E-state index in [1.165, 1.54) is 24.8 Å². The topological polar surface area (TPSA) is 45.7 Å². The van der Waals surface area contributed by atoms with Crippen LogP contribution in [0.1, 0.15) is 38.7 Å². The van der Waals surface area contributed by atoms with Gasteiger partial charge in [0.15, 0.2) is 5.96 Å².